The van der Waals surface area contributed by atoms with Crippen molar-refractivity contribution in [2.45, 2.75) is 26.4 Å². The van der Waals surface area contributed by atoms with E-state index < -0.39 is 0 Å². The third kappa shape index (κ3) is 4.34. The SMILES string of the molecule is CC(C)C(CNCc1ccc[nH]1)N1CCN(C)CC1. The molecule has 0 bridgehead atoms. The Morgan fingerprint density at radius 1 is 1.26 bits per heavy atom. The molecule has 1 atom stereocenters. The fraction of sp³-hybridized carbons (Fsp3) is 0.733. The molecule has 2 N–H and O–H groups in total. The van der Waals surface area contributed by atoms with Gasteiger partial charge in [-0.25, -0.2) is 0 Å². The summed E-state index contributed by atoms with van der Waals surface area (Å²) in [6, 6.07) is 4.83. The molecule has 1 aromatic rings. The number of aromatic amines is 1. The average Bonchev–Trinajstić information content (AvgIpc) is 2.89. The van der Waals surface area contributed by atoms with E-state index in [0.29, 0.717) is 12.0 Å². The number of nitrogens with one attached hydrogen (secondary N) is 2. The number of rotatable bonds is 6. The van der Waals surface area contributed by atoms with E-state index in [1.165, 1.54) is 31.9 Å². The largest absolute Gasteiger partial charge is 0.364 e. The van der Waals surface area contributed by atoms with Crippen LogP contribution in [0.1, 0.15) is 19.5 Å². The summed E-state index contributed by atoms with van der Waals surface area (Å²) < 4.78 is 0. The van der Waals surface area contributed by atoms with Crippen molar-refractivity contribution in [3.63, 3.8) is 0 Å². The highest BCUT2D eigenvalue weighted by atomic mass is 15.3. The zero-order chi connectivity index (χ0) is 13.7. The molecule has 1 aliphatic heterocycles. The number of piperazine rings is 1. The Hall–Kier alpha value is -0.840. The summed E-state index contributed by atoms with van der Waals surface area (Å²) >= 11 is 0. The predicted molar refractivity (Wildman–Crippen MR) is 80.2 cm³/mol. The Morgan fingerprint density at radius 2 is 2.00 bits per heavy atom. The van der Waals surface area contributed by atoms with Crippen LogP contribution in [0.25, 0.3) is 0 Å². The normalized spacial score (nSPS) is 20.0. The summed E-state index contributed by atoms with van der Waals surface area (Å²) in [5, 5.41) is 3.59. The Balaban J connectivity index is 1.79. The minimum atomic E-state index is 0.642. The predicted octanol–water partition coefficient (Wildman–Crippen LogP) is 1.38. The Bertz CT molecular complexity index is 339. The number of hydrogen-bond donors (Lipinski definition) is 2. The standard InChI is InChI=1S/C15H28N4/c1-13(2)15(19-9-7-18(3)8-10-19)12-16-11-14-5-4-6-17-14/h4-6,13,15-17H,7-12H2,1-3H3. The fourth-order valence-corrected chi connectivity index (χ4v) is 2.77. The van der Waals surface area contributed by atoms with Crippen molar-refractivity contribution in [3.05, 3.63) is 24.0 Å². The van der Waals surface area contributed by atoms with Gasteiger partial charge in [0.1, 0.15) is 0 Å². The van der Waals surface area contributed by atoms with Crippen LogP contribution in [-0.2, 0) is 6.54 Å². The van der Waals surface area contributed by atoms with E-state index in [1.54, 1.807) is 0 Å². The highest BCUT2D eigenvalue weighted by molar-refractivity contribution is 5.03. The molecule has 0 spiro atoms. The van der Waals surface area contributed by atoms with Crippen LogP contribution in [0.15, 0.2) is 18.3 Å². The summed E-state index contributed by atoms with van der Waals surface area (Å²) in [6.45, 7) is 11.5. The van der Waals surface area contributed by atoms with Crippen molar-refractivity contribution in [1.82, 2.24) is 20.1 Å². The lowest BCUT2D eigenvalue weighted by atomic mass is 10.0. The third-order valence-electron chi connectivity index (χ3n) is 4.11. The van der Waals surface area contributed by atoms with Crippen molar-refractivity contribution in [2.75, 3.05) is 39.8 Å². The molecule has 1 fully saturated rings. The minimum Gasteiger partial charge on any atom is -0.364 e. The zero-order valence-electron chi connectivity index (χ0n) is 12.5. The molecule has 2 heterocycles. The molecule has 1 aliphatic rings. The molecule has 2 rings (SSSR count). The highest BCUT2D eigenvalue weighted by Crippen LogP contribution is 2.13. The zero-order valence-corrected chi connectivity index (χ0v) is 12.5. The average molecular weight is 264 g/mol. The third-order valence-corrected chi connectivity index (χ3v) is 4.11. The van der Waals surface area contributed by atoms with Gasteiger partial charge in [-0.2, -0.15) is 0 Å². The van der Waals surface area contributed by atoms with Gasteiger partial charge in [-0.1, -0.05) is 13.8 Å². The summed E-state index contributed by atoms with van der Waals surface area (Å²) in [5.74, 6) is 0.694. The minimum absolute atomic E-state index is 0.642. The summed E-state index contributed by atoms with van der Waals surface area (Å²) in [5.41, 5.74) is 1.26. The van der Waals surface area contributed by atoms with Gasteiger partial charge in [0, 0.05) is 57.2 Å². The Kier molecular flexibility index (Phi) is 5.43. The number of likely N-dealkylation sites (N-methyl/N-ethyl adjacent to an activating group) is 1. The molecule has 1 saturated heterocycles. The monoisotopic (exact) mass is 264 g/mol. The van der Waals surface area contributed by atoms with E-state index in [-0.39, 0.29) is 0 Å². The molecule has 1 aromatic heterocycles. The van der Waals surface area contributed by atoms with Gasteiger partial charge in [0.25, 0.3) is 0 Å². The molecule has 19 heavy (non-hydrogen) atoms. The van der Waals surface area contributed by atoms with Gasteiger partial charge >= 0.3 is 0 Å². The molecule has 1 unspecified atom stereocenters. The van der Waals surface area contributed by atoms with Gasteiger partial charge in [0.15, 0.2) is 0 Å². The molecule has 0 amide bonds. The van der Waals surface area contributed by atoms with E-state index in [4.69, 9.17) is 0 Å². The number of H-pyrrole nitrogens is 1. The second-order valence-corrected chi connectivity index (χ2v) is 5.98. The molecule has 0 radical (unpaired) electrons. The fourth-order valence-electron chi connectivity index (χ4n) is 2.77. The van der Waals surface area contributed by atoms with Crippen LogP contribution in [0.5, 0.6) is 0 Å². The summed E-state index contributed by atoms with van der Waals surface area (Å²) in [4.78, 5) is 8.30. The van der Waals surface area contributed by atoms with Crippen molar-refractivity contribution in [3.8, 4) is 0 Å². The summed E-state index contributed by atoms with van der Waals surface area (Å²) in [7, 11) is 2.21. The number of nitrogens with zero attached hydrogens (tertiary/aromatic N) is 2. The van der Waals surface area contributed by atoms with Crippen molar-refractivity contribution in [2.24, 2.45) is 5.92 Å². The van der Waals surface area contributed by atoms with Gasteiger partial charge in [-0.05, 0) is 25.1 Å². The lowest BCUT2D eigenvalue weighted by molar-refractivity contribution is 0.0875. The number of hydrogen-bond acceptors (Lipinski definition) is 3. The van der Waals surface area contributed by atoms with Crippen LogP contribution in [-0.4, -0.2) is 60.6 Å². The lowest BCUT2D eigenvalue weighted by Crippen LogP contribution is -2.53. The topological polar surface area (TPSA) is 34.3 Å². The van der Waals surface area contributed by atoms with E-state index in [1.807, 2.05) is 6.20 Å². The van der Waals surface area contributed by atoms with E-state index in [0.717, 1.165) is 13.1 Å². The molecule has 0 saturated carbocycles. The van der Waals surface area contributed by atoms with E-state index in [2.05, 4.69) is 53.1 Å². The molecule has 108 valence electrons. The van der Waals surface area contributed by atoms with Gasteiger partial charge < -0.3 is 15.2 Å². The first-order chi connectivity index (χ1) is 9.16. The van der Waals surface area contributed by atoms with Crippen molar-refractivity contribution >= 4 is 0 Å². The second-order valence-electron chi connectivity index (χ2n) is 5.98. The van der Waals surface area contributed by atoms with Gasteiger partial charge in [0.2, 0.25) is 0 Å². The molecule has 4 nitrogen and oxygen atoms in total. The maximum Gasteiger partial charge on any atom is 0.0357 e. The highest BCUT2D eigenvalue weighted by Gasteiger charge is 2.24. The van der Waals surface area contributed by atoms with Gasteiger partial charge in [-0.3, -0.25) is 4.90 Å². The first-order valence-corrected chi connectivity index (χ1v) is 7.42. The molecular weight excluding hydrogens is 236 g/mol. The first-order valence-electron chi connectivity index (χ1n) is 7.42. The molecule has 0 aromatic carbocycles. The van der Waals surface area contributed by atoms with Gasteiger partial charge in [0.05, 0.1) is 0 Å². The van der Waals surface area contributed by atoms with E-state index >= 15 is 0 Å². The smallest absolute Gasteiger partial charge is 0.0357 e. The van der Waals surface area contributed by atoms with Crippen LogP contribution in [0.4, 0.5) is 0 Å². The summed E-state index contributed by atoms with van der Waals surface area (Å²) in [6.07, 6.45) is 1.98. The maximum atomic E-state index is 3.59. The quantitative estimate of drug-likeness (QED) is 0.814. The Morgan fingerprint density at radius 3 is 2.58 bits per heavy atom. The molecule has 4 heteroatoms. The second kappa shape index (κ2) is 7.08. The first kappa shape index (κ1) is 14.6. The number of aromatic nitrogens is 1. The van der Waals surface area contributed by atoms with Gasteiger partial charge in [-0.15, -0.1) is 0 Å². The lowest BCUT2D eigenvalue weighted by Gasteiger charge is -2.40. The molecular formula is C15H28N4. The van der Waals surface area contributed by atoms with E-state index in [9.17, 15) is 0 Å². The van der Waals surface area contributed by atoms with Crippen LogP contribution < -0.4 is 5.32 Å². The van der Waals surface area contributed by atoms with Crippen LogP contribution >= 0.6 is 0 Å². The van der Waals surface area contributed by atoms with Crippen molar-refractivity contribution < 1.29 is 0 Å². The maximum absolute atomic E-state index is 3.59. The Labute approximate surface area is 117 Å². The molecule has 0 aliphatic carbocycles. The van der Waals surface area contributed by atoms with Crippen LogP contribution in [0.2, 0.25) is 0 Å². The van der Waals surface area contributed by atoms with Crippen LogP contribution in [0.3, 0.4) is 0 Å². The van der Waals surface area contributed by atoms with Crippen molar-refractivity contribution in [1.29, 1.82) is 0 Å². The van der Waals surface area contributed by atoms with Crippen LogP contribution in [0, 0.1) is 5.92 Å².